The molecule has 4 amide bonds. The minimum absolute atomic E-state index is 0.160. The van der Waals surface area contributed by atoms with E-state index in [-0.39, 0.29) is 26.1 Å². The first-order chi connectivity index (χ1) is 12.5. The quantitative estimate of drug-likeness (QED) is 0.263. The maximum Gasteiger partial charge on any atom is 0.243 e. The van der Waals surface area contributed by atoms with Gasteiger partial charge in [-0.25, -0.2) is 10.7 Å². The van der Waals surface area contributed by atoms with Gasteiger partial charge in [0.2, 0.25) is 23.6 Å². The van der Waals surface area contributed by atoms with E-state index in [1.54, 1.807) is 24.3 Å². The summed E-state index contributed by atoms with van der Waals surface area (Å²) in [6.45, 7) is -0.895. The Labute approximate surface area is 148 Å². The maximum absolute atomic E-state index is 12.3. The van der Waals surface area contributed by atoms with Gasteiger partial charge in [-0.2, -0.15) is 0 Å². The maximum atomic E-state index is 12.3. The van der Waals surface area contributed by atoms with Gasteiger partial charge >= 0.3 is 0 Å². The van der Waals surface area contributed by atoms with E-state index in [9.17, 15) is 19.2 Å². The number of hydrogen-bond donors (Lipinski definition) is 6. The molecule has 2 rings (SSSR count). The molecule has 0 aromatic heterocycles. The molecule has 0 bridgehead atoms. The lowest BCUT2D eigenvalue weighted by molar-refractivity contribution is -0.215. The van der Waals surface area contributed by atoms with Crippen LogP contribution in [0.25, 0.3) is 0 Å². The van der Waals surface area contributed by atoms with Crippen molar-refractivity contribution < 1.29 is 29.4 Å². The van der Waals surface area contributed by atoms with Crippen molar-refractivity contribution in [3.8, 4) is 0 Å². The van der Waals surface area contributed by atoms with Crippen LogP contribution >= 0.6 is 0 Å². The Bertz CT molecular complexity index is 678. The molecule has 26 heavy (non-hydrogen) atoms. The van der Waals surface area contributed by atoms with Crippen molar-refractivity contribution in [2.45, 2.75) is 12.5 Å². The number of anilines is 1. The van der Waals surface area contributed by atoms with Crippen LogP contribution in [-0.2, 0) is 30.6 Å². The minimum atomic E-state index is -0.931. The third-order valence-electron chi connectivity index (χ3n) is 3.52. The summed E-state index contributed by atoms with van der Waals surface area (Å²) >= 11 is 0. The van der Waals surface area contributed by atoms with E-state index in [2.05, 4.69) is 31.7 Å². The molecule has 11 heteroatoms. The normalized spacial score (nSPS) is 19.2. The Balaban J connectivity index is 2.08. The number of hydrogen-bond acceptors (Lipinski definition) is 7. The zero-order chi connectivity index (χ0) is 18.9. The summed E-state index contributed by atoms with van der Waals surface area (Å²) < 4.78 is 0. The van der Waals surface area contributed by atoms with E-state index in [0.29, 0.717) is 5.69 Å². The molecule has 1 atom stereocenters. The Morgan fingerprint density at radius 3 is 2.12 bits per heavy atom. The molecule has 1 aromatic rings. The summed E-state index contributed by atoms with van der Waals surface area (Å²) in [4.78, 5) is 51.1. The molecule has 0 aliphatic carbocycles. The van der Waals surface area contributed by atoms with Gasteiger partial charge in [-0.05, 0) is 17.7 Å². The summed E-state index contributed by atoms with van der Waals surface area (Å²) in [5, 5.41) is 18.0. The van der Waals surface area contributed by atoms with Crippen molar-refractivity contribution in [3.05, 3.63) is 29.8 Å². The van der Waals surface area contributed by atoms with Crippen LogP contribution < -0.4 is 26.7 Å². The summed E-state index contributed by atoms with van der Waals surface area (Å²) in [6.07, 6.45) is 0.160. The SMILES string of the molecule is O=C1CNC(=O)CNC(=O)C(Cc2ccc(NOO)cc2)NC(=O)CN1. The first-order valence-electron chi connectivity index (χ1n) is 7.74. The highest BCUT2D eigenvalue weighted by molar-refractivity contribution is 5.94. The van der Waals surface area contributed by atoms with Crippen molar-refractivity contribution in [2.24, 2.45) is 0 Å². The zero-order valence-electron chi connectivity index (χ0n) is 13.7. The first-order valence-corrected chi connectivity index (χ1v) is 7.74. The third kappa shape index (κ3) is 6.03. The van der Waals surface area contributed by atoms with Crippen LogP contribution in [0.2, 0.25) is 0 Å². The highest BCUT2D eigenvalue weighted by Gasteiger charge is 2.23. The van der Waals surface area contributed by atoms with Crippen LogP contribution in [0.4, 0.5) is 5.69 Å². The number of amides is 4. The van der Waals surface area contributed by atoms with Crippen LogP contribution in [0.3, 0.4) is 0 Å². The molecular formula is C15H19N5O6. The summed E-state index contributed by atoms with van der Waals surface area (Å²) in [5.41, 5.74) is 3.44. The van der Waals surface area contributed by atoms with Gasteiger partial charge in [-0.15, -0.1) is 4.99 Å². The predicted molar refractivity (Wildman–Crippen MR) is 88.4 cm³/mol. The molecule has 0 saturated carbocycles. The van der Waals surface area contributed by atoms with Crippen molar-refractivity contribution in [3.63, 3.8) is 0 Å². The Morgan fingerprint density at radius 1 is 0.923 bits per heavy atom. The van der Waals surface area contributed by atoms with Crippen LogP contribution in [0.15, 0.2) is 24.3 Å². The van der Waals surface area contributed by atoms with Crippen molar-refractivity contribution in [2.75, 3.05) is 25.1 Å². The third-order valence-corrected chi connectivity index (χ3v) is 3.52. The standard InChI is InChI=1S/C15H19N5O6/c21-12-6-16-13(22)7-18-15(24)11(19-14(23)8-17-12)5-9-1-3-10(4-2-9)20-26-25/h1-4,11,20,25H,5-8H2,(H,16,22)(H,17,21)(H,18,24)(H,19,23). The highest BCUT2D eigenvalue weighted by atomic mass is 17.2. The van der Waals surface area contributed by atoms with Crippen molar-refractivity contribution in [1.29, 1.82) is 0 Å². The fourth-order valence-electron chi connectivity index (χ4n) is 2.23. The van der Waals surface area contributed by atoms with Gasteiger partial charge in [0.05, 0.1) is 25.3 Å². The average Bonchev–Trinajstić information content (AvgIpc) is 2.63. The van der Waals surface area contributed by atoms with Gasteiger partial charge in [0.1, 0.15) is 6.04 Å². The fraction of sp³-hybridized carbons (Fsp3) is 0.333. The van der Waals surface area contributed by atoms with Gasteiger partial charge in [-0.1, -0.05) is 12.1 Å². The number of benzene rings is 1. The number of rotatable bonds is 4. The molecule has 140 valence electrons. The fourth-order valence-corrected chi connectivity index (χ4v) is 2.23. The highest BCUT2D eigenvalue weighted by Crippen LogP contribution is 2.11. The van der Waals surface area contributed by atoms with E-state index < -0.39 is 29.7 Å². The van der Waals surface area contributed by atoms with Crippen molar-refractivity contribution >= 4 is 29.3 Å². The molecule has 11 nitrogen and oxygen atoms in total. The van der Waals surface area contributed by atoms with Crippen molar-refractivity contribution in [1.82, 2.24) is 21.3 Å². The molecule has 1 fully saturated rings. The van der Waals surface area contributed by atoms with Crippen LogP contribution in [0, 0.1) is 0 Å². The second-order valence-corrected chi connectivity index (χ2v) is 5.49. The first kappa shape index (κ1) is 19.1. The van der Waals surface area contributed by atoms with Crippen LogP contribution in [-0.4, -0.2) is 54.6 Å². The molecule has 1 unspecified atom stereocenters. The second kappa shape index (κ2) is 9.34. The monoisotopic (exact) mass is 365 g/mol. The molecule has 1 aromatic carbocycles. The molecule has 0 radical (unpaired) electrons. The van der Waals surface area contributed by atoms with E-state index in [0.717, 1.165) is 5.56 Å². The minimum Gasteiger partial charge on any atom is -0.346 e. The Hall–Kier alpha value is -3.18. The van der Waals surface area contributed by atoms with Gasteiger partial charge in [0.25, 0.3) is 0 Å². The molecular weight excluding hydrogens is 346 g/mol. The summed E-state index contributed by atoms with van der Waals surface area (Å²) in [7, 11) is 0. The lowest BCUT2D eigenvalue weighted by Gasteiger charge is -2.20. The lowest BCUT2D eigenvalue weighted by Crippen LogP contribution is -2.54. The molecule has 1 aliphatic heterocycles. The van der Waals surface area contributed by atoms with E-state index >= 15 is 0 Å². The predicted octanol–water partition coefficient (Wildman–Crippen LogP) is -2.11. The van der Waals surface area contributed by atoms with Crippen LogP contribution in [0.5, 0.6) is 0 Å². The van der Waals surface area contributed by atoms with Gasteiger partial charge in [-0.3, -0.25) is 19.2 Å². The van der Waals surface area contributed by atoms with Crippen LogP contribution in [0.1, 0.15) is 5.56 Å². The number of carbonyl (C=O) groups is 4. The Kier molecular flexibility index (Phi) is 6.88. The lowest BCUT2D eigenvalue weighted by atomic mass is 10.0. The van der Waals surface area contributed by atoms with Gasteiger partial charge < -0.3 is 21.3 Å². The zero-order valence-corrected chi connectivity index (χ0v) is 13.7. The Morgan fingerprint density at radius 2 is 1.50 bits per heavy atom. The molecule has 1 saturated heterocycles. The molecule has 1 aliphatic rings. The average molecular weight is 365 g/mol. The molecule has 6 N–H and O–H groups in total. The number of nitrogens with one attached hydrogen (secondary N) is 5. The number of carbonyl (C=O) groups excluding carboxylic acids is 4. The smallest absolute Gasteiger partial charge is 0.243 e. The summed E-state index contributed by atoms with van der Waals surface area (Å²) in [6, 6.07) is 5.62. The molecule has 1 heterocycles. The van der Waals surface area contributed by atoms with E-state index in [4.69, 9.17) is 5.26 Å². The largest absolute Gasteiger partial charge is 0.346 e. The second-order valence-electron chi connectivity index (χ2n) is 5.49. The van der Waals surface area contributed by atoms with E-state index in [1.165, 1.54) is 0 Å². The molecule has 0 spiro atoms. The van der Waals surface area contributed by atoms with Gasteiger partial charge in [0, 0.05) is 6.42 Å². The topological polar surface area (TPSA) is 158 Å². The summed E-state index contributed by atoms with van der Waals surface area (Å²) in [5.74, 6) is -2.08. The van der Waals surface area contributed by atoms with Gasteiger partial charge in [0.15, 0.2) is 0 Å². The van der Waals surface area contributed by atoms with E-state index in [1.807, 2.05) is 0 Å².